The number of hydrogen-bond donors (Lipinski definition) is 2. The molecule has 2 fully saturated rings. The fourth-order valence-electron chi connectivity index (χ4n) is 4.24. The van der Waals surface area contributed by atoms with Gasteiger partial charge in [0.25, 0.3) is 5.91 Å². The van der Waals surface area contributed by atoms with Gasteiger partial charge in [-0.05, 0) is 29.6 Å². The number of carbonyl (C=O) groups excluding carboxylic acids is 2. The summed E-state index contributed by atoms with van der Waals surface area (Å²) in [6.07, 6.45) is 0.665. The van der Waals surface area contributed by atoms with Crippen LogP contribution >= 0.6 is 0 Å². The fraction of sp³-hybridized carbons (Fsp3) is 0.421. The summed E-state index contributed by atoms with van der Waals surface area (Å²) in [5.41, 5.74) is 0.355. The maximum atomic E-state index is 12.8. The van der Waals surface area contributed by atoms with Crippen LogP contribution in [0.1, 0.15) is 18.4 Å². The summed E-state index contributed by atoms with van der Waals surface area (Å²) in [5, 5.41) is 10.2. The van der Waals surface area contributed by atoms with Crippen LogP contribution in [-0.2, 0) is 41.8 Å². The molecule has 1 aromatic rings. The molecule has 3 aliphatic rings. The first kappa shape index (κ1) is 20.9. The quantitative estimate of drug-likeness (QED) is 0.455. The fourth-order valence-corrected chi connectivity index (χ4v) is 8.10. The Morgan fingerprint density at radius 2 is 1.97 bits per heavy atom. The SMILES string of the molecule is O=C(Cc1ccccc1)N[C@@H]1C(=O)N2C(C(=O)O)=C(C3CCCS3(=O)=O)C[S+]([O-])[C@H]12. The molecular formula is C19H20N2O7S2. The second-order valence-electron chi connectivity index (χ2n) is 7.51. The first-order valence-electron chi connectivity index (χ1n) is 9.42. The van der Waals surface area contributed by atoms with Crippen molar-refractivity contribution < 1.29 is 32.5 Å². The third-order valence-electron chi connectivity index (χ3n) is 5.60. The Balaban J connectivity index is 1.57. The zero-order valence-electron chi connectivity index (χ0n) is 15.8. The number of benzene rings is 1. The number of carboxylic acids is 1. The van der Waals surface area contributed by atoms with Crippen molar-refractivity contribution in [3.63, 3.8) is 0 Å². The lowest BCUT2D eigenvalue weighted by molar-refractivity contribution is -0.151. The zero-order valence-corrected chi connectivity index (χ0v) is 17.4. The third kappa shape index (κ3) is 3.50. The van der Waals surface area contributed by atoms with E-state index in [2.05, 4.69) is 5.32 Å². The summed E-state index contributed by atoms with van der Waals surface area (Å²) in [7, 11) is -3.54. The maximum absolute atomic E-state index is 12.8. The lowest BCUT2D eigenvalue weighted by Gasteiger charge is -2.49. The maximum Gasteiger partial charge on any atom is 0.352 e. The molecule has 3 heterocycles. The monoisotopic (exact) mass is 452 g/mol. The lowest BCUT2D eigenvalue weighted by atomic mass is 10.00. The van der Waals surface area contributed by atoms with Crippen molar-refractivity contribution >= 4 is 38.8 Å². The molecule has 0 aliphatic carbocycles. The molecule has 3 aliphatic heterocycles. The minimum atomic E-state index is -3.54. The summed E-state index contributed by atoms with van der Waals surface area (Å²) in [6.45, 7) is 0. The summed E-state index contributed by atoms with van der Waals surface area (Å²) < 4.78 is 37.5. The van der Waals surface area contributed by atoms with Gasteiger partial charge in [0.1, 0.15) is 11.4 Å². The molecule has 0 spiro atoms. The first-order valence-corrected chi connectivity index (χ1v) is 12.5. The number of fused-ring (bicyclic) bond motifs is 1. The highest BCUT2D eigenvalue weighted by Gasteiger charge is 2.62. The molecule has 4 rings (SSSR count). The van der Waals surface area contributed by atoms with E-state index in [0.29, 0.717) is 6.42 Å². The van der Waals surface area contributed by atoms with Gasteiger partial charge in [-0.2, -0.15) is 0 Å². The van der Waals surface area contributed by atoms with Crippen LogP contribution in [0.4, 0.5) is 0 Å². The van der Waals surface area contributed by atoms with Crippen LogP contribution in [0.5, 0.6) is 0 Å². The van der Waals surface area contributed by atoms with Gasteiger partial charge in [-0.3, -0.25) is 14.5 Å². The molecule has 0 aromatic heterocycles. The van der Waals surface area contributed by atoms with Crippen LogP contribution in [0.2, 0.25) is 0 Å². The number of β-lactam (4-membered cyclic amide) rings is 1. The average Bonchev–Trinajstić information content (AvgIpc) is 3.04. The minimum absolute atomic E-state index is 0.0250. The topological polar surface area (TPSA) is 144 Å². The van der Waals surface area contributed by atoms with Crippen LogP contribution in [-0.4, -0.2) is 68.9 Å². The summed E-state index contributed by atoms with van der Waals surface area (Å²) in [6, 6.07) is 7.77. The second kappa shape index (κ2) is 7.71. The van der Waals surface area contributed by atoms with Crippen molar-refractivity contribution in [2.45, 2.75) is 35.9 Å². The molecule has 9 nitrogen and oxygen atoms in total. The van der Waals surface area contributed by atoms with E-state index in [0.717, 1.165) is 10.5 Å². The predicted octanol–water partition coefficient (Wildman–Crippen LogP) is -0.440. The molecule has 2 saturated heterocycles. The Morgan fingerprint density at radius 1 is 1.27 bits per heavy atom. The summed E-state index contributed by atoms with van der Waals surface area (Å²) in [5.74, 6) is -2.88. The molecule has 4 atom stereocenters. The number of aliphatic carboxylic acids is 1. The van der Waals surface area contributed by atoms with Crippen molar-refractivity contribution in [2.75, 3.05) is 11.5 Å². The Hall–Kier alpha value is -2.37. The third-order valence-corrected chi connectivity index (χ3v) is 9.46. The number of nitrogens with zero attached hydrogens (tertiary/aromatic N) is 1. The van der Waals surface area contributed by atoms with E-state index in [-0.39, 0.29) is 29.9 Å². The van der Waals surface area contributed by atoms with Gasteiger partial charge in [0.15, 0.2) is 15.9 Å². The second-order valence-corrected chi connectivity index (χ2v) is 11.3. The van der Waals surface area contributed by atoms with E-state index < -0.39 is 61.2 Å². The van der Waals surface area contributed by atoms with Crippen molar-refractivity contribution in [2.24, 2.45) is 0 Å². The van der Waals surface area contributed by atoms with Gasteiger partial charge >= 0.3 is 5.97 Å². The molecule has 1 aromatic carbocycles. The van der Waals surface area contributed by atoms with E-state index in [4.69, 9.17) is 0 Å². The Labute approximate surface area is 176 Å². The van der Waals surface area contributed by atoms with E-state index in [1.54, 1.807) is 24.3 Å². The Morgan fingerprint density at radius 3 is 2.57 bits per heavy atom. The highest BCUT2D eigenvalue weighted by atomic mass is 32.2. The standard InChI is InChI=1S/C19H20N2O7S2/c22-14(9-11-5-2-1-3-6-11)20-15-17(23)21-16(19(24)25)12(10-29(26)18(15)21)13-7-4-8-30(13,27)28/h1-3,5-6,13,15,18H,4,7-10H2,(H,20,22)(H,24,25)/t13?,15-,18-,29?/m1/s1. The Kier molecular flexibility index (Phi) is 5.37. The van der Waals surface area contributed by atoms with E-state index >= 15 is 0 Å². The van der Waals surface area contributed by atoms with Crippen molar-refractivity contribution in [3.8, 4) is 0 Å². The van der Waals surface area contributed by atoms with E-state index in [1.807, 2.05) is 6.07 Å². The van der Waals surface area contributed by atoms with Crippen LogP contribution < -0.4 is 5.32 Å². The van der Waals surface area contributed by atoms with Crippen LogP contribution in [0.15, 0.2) is 41.6 Å². The molecule has 2 amide bonds. The number of nitrogens with one attached hydrogen (secondary N) is 1. The Bertz CT molecular complexity index is 1040. The number of carbonyl (C=O) groups is 3. The van der Waals surface area contributed by atoms with Crippen LogP contribution in [0.25, 0.3) is 0 Å². The highest BCUT2D eigenvalue weighted by molar-refractivity contribution is 7.93. The number of rotatable bonds is 5. The van der Waals surface area contributed by atoms with E-state index in [9.17, 15) is 32.5 Å². The molecule has 2 unspecified atom stereocenters. The van der Waals surface area contributed by atoms with Gasteiger partial charge < -0.3 is 15.0 Å². The van der Waals surface area contributed by atoms with E-state index in [1.165, 1.54) is 0 Å². The minimum Gasteiger partial charge on any atom is -0.614 e. The molecule has 11 heteroatoms. The average molecular weight is 453 g/mol. The molecule has 160 valence electrons. The number of amides is 2. The lowest BCUT2D eigenvalue weighted by Crippen LogP contribution is -2.75. The normalized spacial score (nSPS) is 29.9. The van der Waals surface area contributed by atoms with Crippen molar-refractivity contribution in [3.05, 3.63) is 47.2 Å². The molecular weight excluding hydrogens is 432 g/mol. The van der Waals surface area contributed by atoms with Crippen LogP contribution in [0.3, 0.4) is 0 Å². The molecule has 0 saturated carbocycles. The van der Waals surface area contributed by atoms with Gasteiger partial charge in [-0.1, -0.05) is 30.3 Å². The highest BCUT2D eigenvalue weighted by Crippen LogP contribution is 2.41. The molecule has 2 N–H and O–H groups in total. The van der Waals surface area contributed by atoms with Crippen molar-refractivity contribution in [1.29, 1.82) is 0 Å². The summed E-state index contributed by atoms with van der Waals surface area (Å²) >= 11 is -1.73. The number of hydrogen-bond acceptors (Lipinski definition) is 6. The largest absolute Gasteiger partial charge is 0.614 e. The number of carboxylic acid groups (broad SMARTS) is 1. The zero-order chi connectivity index (χ0) is 21.6. The summed E-state index contributed by atoms with van der Waals surface area (Å²) in [4.78, 5) is 37.8. The molecule has 0 bridgehead atoms. The van der Waals surface area contributed by atoms with Gasteiger partial charge in [-0.15, -0.1) is 0 Å². The predicted molar refractivity (Wildman–Crippen MR) is 107 cm³/mol. The number of sulfone groups is 1. The first-order chi connectivity index (χ1) is 14.2. The van der Waals surface area contributed by atoms with Gasteiger partial charge in [0.2, 0.25) is 11.3 Å². The molecule has 0 radical (unpaired) electrons. The van der Waals surface area contributed by atoms with Crippen LogP contribution in [0, 0.1) is 0 Å². The molecule has 30 heavy (non-hydrogen) atoms. The smallest absolute Gasteiger partial charge is 0.352 e. The van der Waals surface area contributed by atoms with Crippen molar-refractivity contribution in [1.82, 2.24) is 10.2 Å². The van der Waals surface area contributed by atoms with Gasteiger partial charge in [-0.25, -0.2) is 13.2 Å². The van der Waals surface area contributed by atoms with Gasteiger partial charge in [0.05, 0.1) is 17.4 Å². The van der Waals surface area contributed by atoms with Gasteiger partial charge in [0, 0.05) is 5.57 Å².